The Morgan fingerprint density at radius 1 is 1.37 bits per heavy atom. The number of carbonyl (C=O) groups excluding carboxylic acids is 1. The van der Waals surface area contributed by atoms with Crippen molar-refractivity contribution in [2.45, 2.75) is 18.4 Å². The third-order valence-corrected chi connectivity index (χ3v) is 3.71. The van der Waals surface area contributed by atoms with Crippen LogP contribution in [0.15, 0.2) is 41.0 Å². The second-order valence-electron chi connectivity index (χ2n) is 4.21. The average Bonchev–Trinajstić information content (AvgIpc) is 2.86. The molecule has 1 heterocycles. The molecule has 0 saturated carbocycles. The quantitative estimate of drug-likeness (QED) is 0.500. The smallest absolute Gasteiger partial charge is 0.268 e. The first kappa shape index (κ1) is 13.7. The highest BCUT2D eigenvalue weighted by Gasteiger charge is 2.13. The third kappa shape index (κ3) is 3.62. The van der Waals surface area contributed by atoms with Crippen molar-refractivity contribution in [2.75, 3.05) is 0 Å². The molecule has 0 saturated heterocycles. The summed E-state index contributed by atoms with van der Waals surface area (Å²) in [6, 6.07) is 10.00. The predicted molar refractivity (Wildman–Crippen MR) is 76.5 cm³/mol. The Kier molecular flexibility index (Phi) is 4.65. The van der Waals surface area contributed by atoms with Crippen LogP contribution in [0.25, 0.3) is 0 Å². The summed E-state index contributed by atoms with van der Waals surface area (Å²) in [4.78, 5) is 11.5. The second kappa shape index (κ2) is 6.45. The molecule has 2 aromatic rings. The summed E-state index contributed by atoms with van der Waals surface area (Å²) in [6.45, 7) is 2.07. The number of furan rings is 1. The summed E-state index contributed by atoms with van der Waals surface area (Å²) < 4.78 is 5.31. The van der Waals surface area contributed by atoms with Gasteiger partial charge >= 0.3 is 0 Å². The zero-order chi connectivity index (χ0) is 13.7. The van der Waals surface area contributed by atoms with Crippen LogP contribution in [0.4, 0.5) is 0 Å². The van der Waals surface area contributed by atoms with Crippen molar-refractivity contribution in [3.63, 3.8) is 0 Å². The van der Waals surface area contributed by atoms with Crippen LogP contribution in [0.2, 0.25) is 0 Å². The van der Waals surface area contributed by atoms with E-state index in [0.29, 0.717) is 17.1 Å². The lowest BCUT2D eigenvalue weighted by Gasteiger charge is -2.03. The first-order valence-electron chi connectivity index (χ1n) is 5.91. The van der Waals surface area contributed by atoms with E-state index in [9.17, 15) is 4.79 Å². The number of benzene rings is 1. The predicted octanol–water partition coefficient (Wildman–Crippen LogP) is 2.62. The fourth-order valence-corrected chi connectivity index (χ4v) is 2.72. The number of hydrazine groups is 1. The zero-order valence-corrected chi connectivity index (χ0v) is 11.5. The normalized spacial score (nSPS) is 10.4. The van der Waals surface area contributed by atoms with E-state index in [0.717, 1.165) is 5.75 Å². The Morgan fingerprint density at radius 3 is 2.95 bits per heavy atom. The molecule has 3 N–H and O–H groups in total. The number of hydrogen-bond acceptors (Lipinski definition) is 4. The van der Waals surface area contributed by atoms with Crippen molar-refractivity contribution in [3.05, 3.63) is 59.0 Å². The number of carbonyl (C=O) groups is 1. The Balaban J connectivity index is 1.93. The van der Waals surface area contributed by atoms with E-state index in [1.807, 2.05) is 6.07 Å². The molecule has 0 atom stereocenters. The monoisotopic (exact) mass is 276 g/mol. The number of nitrogens with two attached hydrogens (primary N) is 1. The van der Waals surface area contributed by atoms with Crippen molar-refractivity contribution < 1.29 is 9.21 Å². The van der Waals surface area contributed by atoms with Crippen LogP contribution in [0.5, 0.6) is 0 Å². The lowest BCUT2D eigenvalue weighted by atomic mass is 10.2. The number of amides is 1. The molecule has 0 aliphatic rings. The van der Waals surface area contributed by atoms with Gasteiger partial charge in [0.25, 0.3) is 5.91 Å². The molecule has 0 unspecified atom stereocenters. The summed E-state index contributed by atoms with van der Waals surface area (Å²) in [6.07, 6.45) is 1.51. The molecule has 0 radical (unpaired) electrons. The first-order chi connectivity index (χ1) is 9.20. The van der Waals surface area contributed by atoms with E-state index in [1.165, 1.54) is 17.4 Å². The van der Waals surface area contributed by atoms with Gasteiger partial charge in [-0.1, -0.05) is 29.8 Å². The van der Waals surface area contributed by atoms with Gasteiger partial charge in [0, 0.05) is 5.75 Å². The minimum absolute atomic E-state index is 0.320. The Morgan fingerprint density at radius 2 is 2.21 bits per heavy atom. The van der Waals surface area contributed by atoms with E-state index in [2.05, 4.69) is 30.5 Å². The number of nitrogen functional groups attached to an aromatic ring is 1. The SMILES string of the molecule is Cc1cccc(CSCc2occc2C(=O)NN)c1. The fourth-order valence-electron chi connectivity index (χ4n) is 1.80. The van der Waals surface area contributed by atoms with Crippen LogP contribution in [-0.2, 0) is 11.5 Å². The van der Waals surface area contributed by atoms with Crippen molar-refractivity contribution in [3.8, 4) is 0 Å². The highest BCUT2D eigenvalue weighted by molar-refractivity contribution is 7.97. The second-order valence-corrected chi connectivity index (χ2v) is 5.20. The summed E-state index contributed by atoms with van der Waals surface area (Å²) >= 11 is 1.70. The van der Waals surface area contributed by atoms with Gasteiger partial charge in [-0.2, -0.15) is 0 Å². The highest BCUT2D eigenvalue weighted by atomic mass is 32.2. The van der Waals surface area contributed by atoms with Crippen LogP contribution in [0.3, 0.4) is 0 Å². The van der Waals surface area contributed by atoms with Crippen molar-refractivity contribution in [1.82, 2.24) is 5.43 Å². The van der Waals surface area contributed by atoms with E-state index in [-0.39, 0.29) is 5.91 Å². The number of hydrogen-bond donors (Lipinski definition) is 2. The van der Waals surface area contributed by atoms with E-state index in [4.69, 9.17) is 10.3 Å². The number of rotatable bonds is 5. The van der Waals surface area contributed by atoms with Crippen molar-refractivity contribution in [2.24, 2.45) is 5.84 Å². The number of thioether (sulfide) groups is 1. The van der Waals surface area contributed by atoms with Crippen LogP contribution < -0.4 is 11.3 Å². The Hall–Kier alpha value is -1.72. The Labute approximate surface area is 116 Å². The zero-order valence-electron chi connectivity index (χ0n) is 10.7. The van der Waals surface area contributed by atoms with Gasteiger partial charge in [0.2, 0.25) is 0 Å². The molecule has 0 aliphatic carbocycles. The average molecular weight is 276 g/mol. The summed E-state index contributed by atoms with van der Waals surface area (Å²) in [5, 5.41) is 0. The molecule has 19 heavy (non-hydrogen) atoms. The van der Waals surface area contributed by atoms with E-state index >= 15 is 0 Å². The van der Waals surface area contributed by atoms with Gasteiger partial charge in [-0.15, -0.1) is 11.8 Å². The number of aryl methyl sites for hydroxylation is 1. The van der Waals surface area contributed by atoms with Crippen molar-refractivity contribution in [1.29, 1.82) is 0 Å². The summed E-state index contributed by atoms with van der Waals surface area (Å²) in [7, 11) is 0. The summed E-state index contributed by atoms with van der Waals surface area (Å²) in [5.74, 6) is 6.98. The van der Waals surface area contributed by atoms with Crippen LogP contribution in [0, 0.1) is 6.92 Å². The molecule has 0 fully saturated rings. The maximum Gasteiger partial charge on any atom is 0.268 e. The van der Waals surface area contributed by atoms with Crippen molar-refractivity contribution >= 4 is 17.7 Å². The third-order valence-electron chi connectivity index (χ3n) is 2.71. The fraction of sp³-hybridized carbons (Fsp3) is 0.214. The molecule has 1 amide bonds. The minimum Gasteiger partial charge on any atom is -0.468 e. The molecule has 2 rings (SSSR count). The molecular weight excluding hydrogens is 260 g/mol. The lowest BCUT2D eigenvalue weighted by Crippen LogP contribution is -2.30. The van der Waals surface area contributed by atoms with Gasteiger partial charge in [-0.3, -0.25) is 10.2 Å². The first-order valence-corrected chi connectivity index (χ1v) is 7.07. The van der Waals surface area contributed by atoms with E-state index in [1.54, 1.807) is 17.8 Å². The molecule has 0 aliphatic heterocycles. The molecule has 5 heteroatoms. The molecule has 0 bridgehead atoms. The van der Waals surface area contributed by atoms with Gasteiger partial charge in [-0.05, 0) is 18.6 Å². The molecule has 4 nitrogen and oxygen atoms in total. The van der Waals surface area contributed by atoms with Gasteiger partial charge in [0.15, 0.2) is 0 Å². The maximum atomic E-state index is 11.5. The molecule has 100 valence electrons. The topological polar surface area (TPSA) is 68.3 Å². The Bertz CT molecular complexity index is 566. The van der Waals surface area contributed by atoms with Gasteiger partial charge < -0.3 is 4.42 Å². The number of nitrogens with one attached hydrogen (secondary N) is 1. The molecule has 1 aromatic carbocycles. The standard InChI is InChI=1S/C14H16N2O2S/c1-10-3-2-4-11(7-10)8-19-9-13-12(5-6-18-13)14(17)16-15/h2-7H,8-9,15H2,1H3,(H,16,17). The largest absolute Gasteiger partial charge is 0.468 e. The molecule has 1 aromatic heterocycles. The van der Waals surface area contributed by atoms with E-state index < -0.39 is 0 Å². The van der Waals surface area contributed by atoms with Crippen LogP contribution in [0.1, 0.15) is 27.2 Å². The van der Waals surface area contributed by atoms with Gasteiger partial charge in [0.1, 0.15) is 5.76 Å². The molecular formula is C14H16N2O2S. The maximum absolute atomic E-state index is 11.5. The lowest BCUT2D eigenvalue weighted by molar-refractivity contribution is 0.0952. The minimum atomic E-state index is -0.320. The summed E-state index contributed by atoms with van der Waals surface area (Å²) in [5.41, 5.74) is 5.13. The van der Waals surface area contributed by atoms with Gasteiger partial charge in [-0.25, -0.2) is 5.84 Å². The highest BCUT2D eigenvalue weighted by Crippen LogP contribution is 2.21. The van der Waals surface area contributed by atoms with Crippen LogP contribution >= 0.6 is 11.8 Å². The van der Waals surface area contributed by atoms with Crippen LogP contribution in [-0.4, -0.2) is 5.91 Å². The van der Waals surface area contributed by atoms with Gasteiger partial charge in [0.05, 0.1) is 17.6 Å². The molecule has 0 spiro atoms.